The van der Waals surface area contributed by atoms with E-state index in [-0.39, 0.29) is 39.5 Å². The first kappa shape index (κ1) is 23.2. The third-order valence-electron chi connectivity index (χ3n) is 4.48. The molecule has 0 aliphatic carbocycles. The van der Waals surface area contributed by atoms with E-state index in [1.807, 2.05) is 0 Å². The van der Waals surface area contributed by atoms with E-state index in [0.717, 1.165) is 42.0 Å². The zero-order chi connectivity index (χ0) is 24.6. The molecule has 2 N–H and O–H groups in total. The number of aromatic nitrogens is 4. The first-order valence-corrected chi connectivity index (χ1v) is 10.2. The zero-order valence-corrected chi connectivity index (χ0v) is 18.1. The Labute approximate surface area is 192 Å². The van der Waals surface area contributed by atoms with Gasteiger partial charge in [0.15, 0.2) is 17.5 Å². The van der Waals surface area contributed by atoms with Crippen LogP contribution in [0.5, 0.6) is 0 Å². The van der Waals surface area contributed by atoms with E-state index >= 15 is 0 Å². The second kappa shape index (κ2) is 8.78. The van der Waals surface area contributed by atoms with Crippen molar-refractivity contribution >= 4 is 33.9 Å². The minimum absolute atomic E-state index is 0.00157. The molecular weight excluding hydrogens is 483 g/mol. The molecule has 3 aromatic heterocycles. The molecule has 14 heteroatoms. The third kappa shape index (κ3) is 4.71. The van der Waals surface area contributed by atoms with E-state index in [9.17, 15) is 26.7 Å². The van der Waals surface area contributed by atoms with Crippen LogP contribution in [0.1, 0.15) is 27.4 Å². The lowest BCUT2D eigenvalue weighted by Gasteiger charge is -2.13. The Morgan fingerprint density at radius 2 is 1.88 bits per heavy atom. The Hall–Kier alpha value is -3.94. The number of hydrogen-bond acceptors (Lipinski definition) is 8. The van der Waals surface area contributed by atoms with Crippen LogP contribution in [0.4, 0.5) is 38.5 Å². The molecule has 0 aliphatic heterocycles. The maximum Gasteiger partial charge on any atom is 0.417 e. The standard InChI is InChI=1S/C20H13F5N6O2S/c1-8-16(17(32)28-10-3-4-13(21)14(22)5-10)19(34-31-8)29-15-6-12(20(23,24)25)11(7-26-15)18-27-9(2)30-33-18/h3-7H,1-2H3,(H,26,29)(H,28,32). The second-order valence-electron chi connectivity index (χ2n) is 6.94. The van der Waals surface area contributed by atoms with Crippen molar-refractivity contribution in [2.75, 3.05) is 10.6 Å². The molecular formula is C20H13F5N6O2S. The second-order valence-corrected chi connectivity index (χ2v) is 7.71. The molecule has 0 spiro atoms. The van der Waals surface area contributed by atoms with Gasteiger partial charge in [0.2, 0.25) is 0 Å². The van der Waals surface area contributed by atoms with Crippen molar-refractivity contribution in [3.63, 3.8) is 0 Å². The predicted octanol–water partition coefficient (Wildman–Crippen LogP) is 5.50. The van der Waals surface area contributed by atoms with Crippen molar-refractivity contribution in [2.45, 2.75) is 20.0 Å². The number of aryl methyl sites for hydroxylation is 2. The average molecular weight is 496 g/mol. The molecule has 0 atom stereocenters. The molecule has 0 saturated heterocycles. The van der Waals surface area contributed by atoms with E-state index < -0.39 is 34.8 Å². The number of alkyl halides is 3. The smallest absolute Gasteiger partial charge is 0.334 e. The number of benzene rings is 1. The van der Waals surface area contributed by atoms with E-state index in [1.54, 1.807) is 0 Å². The molecule has 4 rings (SSSR count). The number of anilines is 3. The summed E-state index contributed by atoms with van der Waals surface area (Å²) in [6.45, 7) is 2.97. The summed E-state index contributed by atoms with van der Waals surface area (Å²) in [5.41, 5.74) is -1.24. The average Bonchev–Trinajstić information content (AvgIpc) is 3.35. The number of carbonyl (C=O) groups is 1. The molecule has 0 saturated carbocycles. The van der Waals surface area contributed by atoms with Gasteiger partial charge in [0.1, 0.15) is 10.8 Å². The molecule has 1 aromatic carbocycles. The van der Waals surface area contributed by atoms with Crippen LogP contribution >= 0.6 is 11.5 Å². The van der Waals surface area contributed by atoms with Crippen LogP contribution in [0.2, 0.25) is 0 Å². The van der Waals surface area contributed by atoms with E-state index in [1.165, 1.54) is 13.8 Å². The SMILES string of the molecule is Cc1noc(-c2cnc(Nc3snc(C)c3C(=O)Nc3ccc(F)c(F)c3)cc2C(F)(F)F)n1. The Kier molecular flexibility index (Phi) is 6.00. The highest BCUT2D eigenvalue weighted by Crippen LogP contribution is 2.38. The fourth-order valence-electron chi connectivity index (χ4n) is 2.94. The molecule has 3 heterocycles. The monoisotopic (exact) mass is 496 g/mol. The Bertz CT molecular complexity index is 1380. The number of rotatable bonds is 5. The Morgan fingerprint density at radius 1 is 1.12 bits per heavy atom. The van der Waals surface area contributed by atoms with Crippen molar-refractivity contribution in [1.29, 1.82) is 0 Å². The highest BCUT2D eigenvalue weighted by molar-refractivity contribution is 7.10. The van der Waals surface area contributed by atoms with Gasteiger partial charge in [-0.1, -0.05) is 5.16 Å². The minimum Gasteiger partial charge on any atom is -0.334 e. The van der Waals surface area contributed by atoms with Gasteiger partial charge in [-0.05, 0) is 43.6 Å². The molecule has 1 amide bonds. The lowest BCUT2D eigenvalue weighted by Crippen LogP contribution is -2.14. The fraction of sp³-hybridized carbons (Fsp3) is 0.150. The van der Waals surface area contributed by atoms with E-state index in [4.69, 9.17) is 4.52 Å². The first-order valence-electron chi connectivity index (χ1n) is 9.40. The van der Waals surface area contributed by atoms with Crippen molar-refractivity contribution in [2.24, 2.45) is 0 Å². The van der Waals surface area contributed by atoms with Crippen LogP contribution in [0, 0.1) is 25.5 Å². The van der Waals surface area contributed by atoms with Gasteiger partial charge in [-0.3, -0.25) is 4.79 Å². The number of amides is 1. The minimum atomic E-state index is -4.77. The van der Waals surface area contributed by atoms with E-state index in [0.29, 0.717) is 0 Å². The summed E-state index contributed by atoms with van der Waals surface area (Å²) in [5.74, 6) is -3.38. The maximum atomic E-state index is 13.7. The quantitative estimate of drug-likeness (QED) is 0.352. The van der Waals surface area contributed by atoms with Crippen molar-refractivity contribution in [3.8, 4) is 11.5 Å². The van der Waals surface area contributed by atoms with Crippen molar-refractivity contribution in [3.05, 3.63) is 64.7 Å². The number of halogens is 5. The number of hydrogen-bond donors (Lipinski definition) is 2. The molecule has 0 fully saturated rings. The molecule has 176 valence electrons. The summed E-state index contributed by atoms with van der Waals surface area (Å²) in [6, 6.07) is 3.54. The number of pyridine rings is 1. The van der Waals surface area contributed by atoms with Gasteiger partial charge in [-0.2, -0.15) is 22.5 Å². The number of carbonyl (C=O) groups excluding carboxylic acids is 1. The molecule has 0 bridgehead atoms. The highest BCUT2D eigenvalue weighted by atomic mass is 32.1. The predicted molar refractivity (Wildman–Crippen MR) is 112 cm³/mol. The van der Waals surface area contributed by atoms with Crippen LogP contribution < -0.4 is 10.6 Å². The molecule has 0 aliphatic rings. The summed E-state index contributed by atoms with van der Waals surface area (Å²) in [5, 5.41) is 8.65. The first-order chi connectivity index (χ1) is 16.0. The molecule has 8 nitrogen and oxygen atoms in total. The van der Waals surface area contributed by atoms with Gasteiger partial charge in [0, 0.05) is 18.0 Å². The van der Waals surface area contributed by atoms with E-state index in [2.05, 4.69) is 30.1 Å². The van der Waals surface area contributed by atoms with Crippen LogP contribution in [-0.4, -0.2) is 25.4 Å². The van der Waals surface area contributed by atoms with Crippen LogP contribution in [0.15, 0.2) is 35.0 Å². The van der Waals surface area contributed by atoms with Gasteiger partial charge < -0.3 is 15.2 Å². The van der Waals surface area contributed by atoms with Crippen molar-refractivity contribution < 1.29 is 31.3 Å². The Balaban J connectivity index is 1.64. The lowest BCUT2D eigenvalue weighted by molar-refractivity contribution is -0.137. The highest BCUT2D eigenvalue weighted by Gasteiger charge is 2.36. The summed E-state index contributed by atoms with van der Waals surface area (Å²) >= 11 is 0.815. The van der Waals surface area contributed by atoms with Crippen LogP contribution in [0.3, 0.4) is 0 Å². The largest absolute Gasteiger partial charge is 0.417 e. The summed E-state index contributed by atoms with van der Waals surface area (Å²) in [7, 11) is 0. The third-order valence-corrected chi connectivity index (χ3v) is 5.33. The molecule has 4 aromatic rings. The molecule has 0 unspecified atom stereocenters. The number of nitrogens with one attached hydrogen (secondary N) is 2. The van der Waals surface area contributed by atoms with Crippen LogP contribution in [0.25, 0.3) is 11.5 Å². The summed E-state index contributed by atoms with van der Waals surface area (Å²) < 4.78 is 76.6. The van der Waals surface area contributed by atoms with Gasteiger partial charge in [-0.25, -0.2) is 13.8 Å². The zero-order valence-electron chi connectivity index (χ0n) is 17.3. The number of nitrogens with zero attached hydrogens (tertiary/aromatic N) is 4. The van der Waals surface area contributed by atoms with Gasteiger partial charge in [0.25, 0.3) is 11.8 Å². The van der Waals surface area contributed by atoms with Gasteiger partial charge in [-0.15, -0.1) is 0 Å². The molecule has 34 heavy (non-hydrogen) atoms. The Morgan fingerprint density at radius 3 is 2.53 bits per heavy atom. The lowest BCUT2D eigenvalue weighted by atomic mass is 10.1. The molecule has 0 radical (unpaired) electrons. The van der Waals surface area contributed by atoms with Crippen LogP contribution in [-0.2, 0) is 6.18 Å². The maximum absolute atomic E-state index is 13.7. The van der Waals surface area contributed by atoms with Gasteiger partial charge in [0.05, 0.1) is 22.4 Å². The van der Waals surface area contributed by atoms with Gasteiger partial charge >= 0.3 is 6.18 Å². The van der Waals surface area contributed by atoms with Crippen molar-refractivity contribution in [1.82, 2.24) is 19.5 Å². The summed E-state index contributed by atoms with van der Waals surface area (Å²) in [6.07, 6.45) is -3.85. The summed E-state index contributed by atoms with van der Waals surface area (Å²) in [4.78, 5) is 20.5. The topological polar surface area (TPSA) is 106 Å². The normalized spacial score (nSPS) is 11.5. The fourth-order valence-corrected chi connectivity index (χ4v) is 3.74.